The number of methoxy groups -OCH3 is 3. The van der Waals surface area contributed by atoms with Gasteiger partial charge in [0.2, 0.25) is 5.91 Å². The normalized spacial score (nSPS) is 14.5. The number of amides is 2. The molecular formula is C23H23ClN4O5. The number of fused-ring (bicyclic) bond motifs is 1. The van der Waals surface area contributed by atoms with Crippen LogP contribution in [0, 0.1) is 0 Å². The van der Waals surface area contributed by atoms with Crippen LogP contribution in [-0.2, 0) is 20.9 Å². The molecule has 1 aromatic heterocycles. The van der Waals surface area contributed by atoms with E-state index in [9.17, 15) is 9.59 Å². The Hall–Kier alpha value is -3.56. The molecular weight excluding hydrogens is 448 g/mol. The number of carbonyl (C=O) groups is 2. The predicted molar refractivity (Wildman–Crippen MR) is 124 cm³/mol. The number of ether oxygens (including phenoxy) is 3. The first kappa shape index (κ1) is 22.6. The Morgan fingerprint density at radius 3 is 2.58 bits per heavy atom. The van der Waals surface area contributed by atoms with Crippen molar-refractivity contribution in [2.24, 2.45) is 0 Å². The first-order valence-corrected chi connectivity index (χ1v) is 10.5. The maximum absolute atomic E-state index is 12.8. The molecule has 2 N–H and O–H groups in total. The van der Waals surface area contributed by atoms with Gasteiger partial charge in [0.05, 0.1) is 38.6 Å². The molecule has 0 spiro atoms. The fourth-order valence-corrected chi connectivity index (χ4v) is 3.88. The van der Waals surface area contributed by atoms with Crippen LogP contribution in [0.1, 0.15) is 18.2 Å². The minimum atomic E-state index is -0.805. The third-order valence-electron chi connectivity index (χ3n) is 5.30. The second kappa shape index (κ2) is 9.51. The molecule has 1 aliphatic heterocycles. The van der Waals surface area contributed by atoms with Crippen LogP contribution in [0.4, 0.5) is 11.5 Å². The number of anilines is 2. The molecule has 9 nitrogen and oxygen atoms in total. The summed E-state index contributed by atoms with van der Waals surface area (Å²) in [6.45, 7) is 0.246. The van der Waals surface area contributed by atoms with Crippen LogP contribution in [0.2, 0.25) is 5.02 Å². The molecule has 1 aliphatic rings. The van der Waals surface area contributed by atoms with Gasteiger partial charge < -0.3 is 24.8 Å². The van der Waals surface area contributed by atoms with Crippen molar-refractivity contribution in [2.75, 3.05) is 32.0 Å². The third-order valence-corrected chi connectivity index (χ3v) is 5.55. The van der Waals surface area contributed by atoms with Crippen molar-refractivity contribution in [3.8, 4) is 22.6 Å². The first-order chi connectivity index (χ1) is 15.9. The lowest BCUT2D eigenvalue weighted by Gasteiger charge is -2.13. The highest BCUT2D eigenvalue weighted by Crippen LogP contribution is 2.39. The number of aromatic nitrogens is 2. The zero-order valence-corrected chi connectivity index (χ0v) is 19.1. The monoisotopic (exact) mass is 470 g/mol. The molecule has 0 aliphatic carbocycles. The Kier molecular flexibility index (Phi) is 6.52. The summed E-state index contributed by atoms with van der Waals surface area (Å²) in [5, 5.41) is 10.8. The van der Waals surface area contributed by atoms with Crippen molar-refractivity contribution in [3.63, 3.8) is 0 Å². The predicted octanol–water partition coefficient (Wildman–Crippen LogP) is 3.89. The first-order valence-electron chi connectivity index (χ1n) is 10.1. The number of hydrogen-bond acceptors (Lipinski definition) is 6. The minimum absolute atomic E-state index is 0.109. The van der Waals surface area contributed by atoms with Gasteiger partial charge in [0.25, 0.3) is 5.91 Å². The summed E-state index contributed by atoms with van der Waals surface area (Å²) in [7, 11) is 4.62. The van der Waals surface area contributed by atoms with Crippen molar-refractivity contribution in [1.82, 2.24) is 9.78 Å². The van der Waals surface area contributed by atoms with Crippen LogP contribution in [-0.4, -0.2) is 42.9 Å². The fourth-order valence-electron chi connectivity index (χ4n) is 3.75. The van der Waals surface area contributed by atoms with Gasteiger partial charge in [-0.1, -0.05) is 23.7 Å². The van der Waals surface area contributed by atoms with E-state index in [1.807, 2.05) is 12.1 Å². The van der Waals surface area contributed by atoms with Gasteiger partial charge in [0.1, 0.15) is 23.4 Å². The van der Waals surface area contributed by atoms with Gasteiger partial charge in [-0.05, 0) is 29.8 Å². The Balaban J connectivity index is 1.60. The molecule has 0 radical (unpaired) electrons. The van der Waals surface area contributed by atoms with Crippen LogP contribution < -0.4 is 20.1 Å². The van der Waals surface area contributed by atoms with Gasteiger partial charge in [-0.2, -0.15) is 5.10 Å². The average Bonchev–Trinajstić information content (AvgIpc) is 3.29. The number of nitrogens with one attached hydrogen (secondary N) is 2. The summed E-state index contributed by atoms with van der Waals surface area (Å²) >= 11 is 6.02. The SMILES string of the molecule is COCc1nn2c(c1-c1ccc(Cl)cc1)NC(=O)C2CC(=O)Nc1ccc(OC)cc1OC. The van der Waals surface area contributed by atoms with Crippen molar-refractivity contribution in [3.05, 3.63) is 53.2 Å². The summed E-state index contributed by atoms with van der Waals surface area (Å²) in [6, 6.07) is 11.5. The van der Waals surface area contributed by atoms with Crippen LogP contribution in [0.5, 0.6) is 11.5 Å². The van der Waals surface area contributed by atoms with E-state index in [4.69, 9.17) is 25.8 Å². The molecule has 0 fully saturated rings. The van der Waals surface area contributed by atoms with E-state index in [0.29, 0.717) is 33.7 Å². The largest absolute Gasteiger partial charge is 0.497 e. The van der Waals surface area contributed by atoms with E-state index in [-0.39, 0.29) is 24.8 Å². The van der Waals surface area contributed by atoms with E-state index in [1.54, 1.807) is 49.2 Å². The lowest BCUT2D eigenvalue weighted by atomic mass is 10.1. The van der Waals surface area contributed by atoms with Gasteiger partial charge in [0.15, 0.2) is 0 Å². The topological polar surface area (TPSA) is 104 Å². The highest BCUT2D eigenvalue weighted by molar-refractivity contribution is 6.30. The standard InChI is InChI=1S/C23H23ClN4O5/c1-31-12-17-21(13-4-6-14(24)7-5-13)22-26-23(30)18(28(22)27-17)11-20(29)25-16-9-8-15(32-2)10-19(16)33-3/h4-10,18H,11-12H2,1-3H3,(H,25,29)(H,26,30). The molecule has 2 amide bonds. The van der Waals surface area contributed by atoms with E-state index in [2.05, 4.69) is 15.7 Å². The maximum atomic E-state index is 12.8. The lowest BCUT2D eigenvalue weighted by molar-refractivity contribution is -0.123. The van der Waals surface area contributed by atoms with Crippen molar-refractivity contribution >= 4 is 34.9 Å². The van der Waals surface area contributed by atoms with Crippen molar-refractivity contribution in [1.29, 1.82) is 0 Å². The number of hydrogen-bond donors (Lipinski definition) is 2. The molecule has 0 bridgehead atoms. The number of rotatable bonds is 8. The number of carbonyl (C=O) groups excluding carboxylic acids is 2. The molecule has 4 rings (SSSR count). The summed E-state index contributed by atoms with van der Waals surface area (Å²) in [5.41, 5.74) is 2.70. The van der Waals surface area contributed by atoms with Gasteiger partial charge in [-0.15, -0.1) is 0 Å². The Bertz CT molecular complexity index is 1190. The summed E-state index contributed by atoms with van der Waals surface area (Å²) in [4.78, 5) is 25.6. The highest BCUT2D eigenvalue weighted by atomic mass is 35.5. The molecule has 1 atom stereocenters. The fraction of sp³-hybridized carbons (Fsp3) is 0.261. The molecule has 33 heavy (non-hydrogen) atoms. The van der Waals surface area contributed by atoms with Crippen LogP contribution >= 0.6 is 11.6 Å². The molecule has 3 aromatic rings. The summed E-state index contributed by atoms with van der Waals surface area (Å²) < 4.78 is 17.3. The highest BCUT2D eigenvalue weighted by Gasteiger charge is 2.37. The maximum Gasteiger partial charge on any atom is 0.251 e. The summed E-state index contributed by atoms with van der Waals surface area (Å²) in [6.07, 6.45) is -0.109. The molecule has 0 saturated heterocycles. The molecule has 0 saturated carbocycles. The molecule has 2 heterocycles. The zero-order valence-electron chi connectivity index (χ0n) is 18.3. The second-order valence-electron chi connectivity index (χ2n) is 7.38. The van der Waals surface area contributed by atoms with Crippen LogP contribution in [0.15, 0.2) is 42.5 Å². The quantitative estimate of drug-likeness (QED) is 0.517. The average molecular weight is 471 g/mol. The van der Waals surface area contributed by atoms with Gasteiger partial charge in [-0.3, -0.25) is 9.59 Å². The molecule has 10 heteroatoms. The van der Waals surface area contributed by atoms with Gasteiger partial charge >= 0.3 is 0 Å². The number of nitrogens with zero attached hydrogens (tertiary/aromatic N) is 2. The molecule has 2 aromatic carbocycles. The molecule has 172 valence electrons. The molecule has 1 unspecified atom stereocenters. The van der Waals surface area contributed by atoms with Gasteiger partial charge in [-0.25, -0.2) is 4.68 Å². The van der Waals surface area contributed by atoms with Crippen LogP contribution in [0.25, 0.3) is 11.1 Å². The zero-order chi connectivity index (χ0) is 23.5. The van der Waals surface area contributed by atoms with Gasteiger partial charge in [0, 0.05) is 23.8 Å². The number of halogens is 1. The van der Waals surface area contributed by atoms with E-state index < -0.39 is 6.04 Å². The Morgan fingerprint density at radius 2 is 1.91 bits per heavy atom. The van der Waals surface area contributed by atoms with E-state index >= 15 is 0 Å². The van der Waals surface area contributed by atoms with Crippen molar-refractivity contribution < 1.29 is 23.8 Å². The Labute approximate surface area is 195 Å². The van der Waals surface area contributed by atoms with E-state index in [1.165, 1.54) is 7.11 Å². The lowest BCUT2D eigenvalue weighted by Crippen LogP contribution is -2.24. The van der Waals surface area contributed by atoms with Crippen molar-refractivity contribution in [2.45, 2.75) is 19.1 Å². The number of benzene rings is 2. The van der Waals surface area contributed by atoms with Crippen LogP contribution in [0.3, 0.4) is 0 Å². The minimum Gasteiger partial charge on any atom is -0.497 e. The Morgan fingerprint density at radius 1 is 1.15 bits per heavy atom. The van der Waals surface area contributed by atoms with E-state index in [0.717, 1.165) is 11.1 Å². The summed E-state index contributed by atoms with van der Waals surface area (Å²) in [5.74, 6) is 0.901. The second-order valence-corrected chi connectivity index (χ2v) is 7.81. The smallest absolute Gasteiger partial charge is 0.251 e. The third kappa shape index (κ3) is 4.50.